The Hall–Kier alpha value is -2.63. The van der Waals surface area contributed by atoms with Gasteiger partial charge in [-0.2, -0.15) is 0 Å². The average Bonchev–Trinajstić information content (AvgIpc) is 2.61. The Kier molecular flexibility index (Phi) is 5.40. The highest BCUT2D eigenvalue weighted by Gasteiger charge is 2.12. The Morgan fingerprint density at radius 2 is 1.81 bits per heavy atom. The van der Waals surface area contributed by atoms with Crippen molar-refractivity contribution in [2.75, 3.05) is 10.6 Å². The predicted molar refractivity (Wildman–Crippen MR) is 106 cm³/mol. The van der Waals surface area contributed by atoms with Crippen molar-refractivity contribution in [1.29, 1.82) is 0 Å². The quantitative estimate of drug-likeness (QED) is 0.629. The highest BCUT2D eigenvalue weighted by molar-refractivity contribution is 6.36. The van der Waals surface area contributed by atoms with Crippen LogP contribution in [0.4, 0.5) is 17.3 Å². The van der Waals surface area contributed by atoms with Gasteiger partial charge in [-0.3, -0.25) is 4.79 Å². The summed E-state index contributed by atoms with van der Waals surface area (Å²) in [5.41, 5.74) is 3.89. The van der Waals surface area contributed by atoms with E-state index in [1.54, 1.807) is 18.2 Å². The predicted octanol–water partition coefficient (Wildman–Crippen LogP) is 5.40. The van der Waals surface area contributed by atoms with Gasteiger partial charge in [0, 0.05) is 16.9 Å². The molecular weight excluding hydrogens is 371 g/mol. The second-order valence-corrected chi connectivity index (χ2v) is 6.61. The van der Waals surface area contributed by atoms with Crippen molar-refractivity contribution in [3.8, 4) is 0 Å². The first-order valence-electron chi connectivity index (χ1n) is 7.86. The van der Waals surface area contributed by atoms with Crippen LogP contribution in [0.25, 0.3) is 0 Å². The van der Waals surface area contributed by atoms with Crippen LogP contribution < -0.4 is 10.6 Å². The lowest BCUT2D eigenvalue weighted by Gasteiger charge is -2.09. The molecule has 132 valence electrons. The summed E-state index contributed by atoms with van der Waals surface area (Å²) in [5.74, 6) is -0.0529. The molecule has 1 aromatic heterocycles. The fraction of sp³-hybridized carbons (Fsp3) is 0.105. The molecule has 7 heteroatoms. The topological polar surface area (TPSA) is 66.9 Å². The fourth-order valence-corrected chi connectivity index (χ4v) is 2.73. The van der Waals surface area contributed by atoms with Crippen molar-refractivity contribution < 1.29 is 4.79 Å². The number of aromatic nitrogens is 2. The van der Waals surface area contributed by atoms with E-state index >= 15 is 0 Å². The average molecular weight is 387 g/mol. The van der Waals surface area contributed by atoms with Gasteiger partial charge in [0.15, 0.2) is 0 Å². The van der Waals surface area contributed by atoms with Crippen molar-refractivity contribution in [3.63, 3.8) is 0 Å². The zero-order valence-electron chi connectivity index (χ0n) is 14.2. The number of anilines is 3. The molecule has 5 nitrogen and oxygen atoms in total. The minimum absolute atomic E-state index is 0.220. The second kappa shape index (κ2) is 7.72. The Labute approximate surface area is 161 Å². The number of nitrogens with one attached hydrogen (secondary N) is 2. The zero-order chi connectivity index (χ0) is 18.7. The monoisotopic (exact) mass is 386 g/mol. The molecule has 0 aliphatic carbocycles. The van der Waals surface area contributed by atoms with Gasteiger partial charge in [0.1, 0.15) is 5.69 Å². The van der Waals surface area contributed by atoms with E-state index in [-0.39, 0.29) is 11.6 Å². The highest BCUT2D eigenvalue weighted by Crippen LogP contribution is 2.25. The maximum Gasteiger partial charge on any atom is 0.274 e. The summed E-state index contributed by atoms with van der Waals surface area (Å²) >= 11 is 11.9. The van der Waals surface area contributed by atoms with Crippen molar-refractivity contribution in [2.24, 2.45) is 0 Å². The molecule has 0 aliphatic rings. The molecule has 0 saturated heterocycles. The van der Waals surface area contributed by atoms with Crippen molar-refractivity contribution in [2.45, 2.75) is 13.8 Å². The normalized spacial score (nSPS) is 10.5. The SMILES string of the molecule is Cc1ccc(Nc2nccc(C(=O)Nc3ccc(Cl)cc3Cl)n2)cc1C. The Bertz CT molecular complexity index is 976. The molecule has 0 radical (unpaired) electrons. The third kappa shape index (κ3) is 4.31. The van der Waals surface area contributed by atoms with Crippen LogP contribution in [0.5, 0.6) is 0 Å². The molecule has 26 heavy (non-hydrogen) atoms. The van der Waals surface area contributed by atoms with Gasteiger partial charge in [-0.25, -0.2) is 9.97 Å². The molecule has 0 spiro atoms. The summed E-state index contributed by atoms with van der Waals surface area (Å²) in [6.07, 6.45) is 1.52. The molecule has 1 heterocycles. The summed E-state index contributed by atoms with van der Waals surface area (Å²) in [4.78, 5) is 20.9. The van der Waals surface area contributed by atoms with Gasteiger partial charge < -0.3 is 10.6 Å². The molecule has 0 aliphatic heterocycles. The maximum atomic E-state index is 12.4. The van der Waals surface area contributed by atoms with Crippen LogP contribution in [-0.4, -0.2) is 15.9 Å². The van der Waals surface area contributed by atoms with Gasteiger partial charge in [-0.1, -0.05) is 29.3 Å². The minimum Gasteiger partial charge on any atom is -0.324 e. The van der Waals surface area contributed by atoms with Gasteiger partial charge in [-0.15, -0.1) is 0 Å². The van der Waals surface area contributed by atoms with Gasteiger partial charge in [-0.05, 0) is 61.4 Å². The van der Waals surface area contributed by atoms with Crippen LogP contribution in [0.2, 0.25) is 10.0 Å². The highest BCUT2D eigenvalue weighted by atomic mass is 35.5. The maximum absolute atomic E-state index is 12.4. The number of benzene rings is 2. The Morgan fingerprint density at radius 3 is 2.54 bits per heavy atom. The lowest BCUT2D eigenvalue weighted by molar-refractivity contribution is 0.102. The molecule has 0 atom stereocenters. The molecular formula is C19H16Cl2N4O. The van der Waals surface area contributed by atoms with E-state index in [2.05, 4.69) is 20.6 Å². The molecule has 0 bridgehead atoms. The van der Waals surface area contributed by atoms with Gasteiger partial charge in [0.25, 0.3) is 5.91 Å². The second-order valence-electron chi connectivity index (χ2n) is 5.77. The van der Waals surface area contributed by atoms with E-state index < -0.39 is 0 Å². The minimum atomic E-state index is -0.389. The van der Waals surface area contributed by atoms with Crippen LogP contribution in [0.1, 0.15) is 21.6 Å². The fourth-order valence-electron chi connectivity index (χ4n) is 2.27. The third-order valence-electron chi connectivity index (χ3n) is 3.83. The molecule has 0 saturated carbocycles. The summed E-state index contributed by atoms with van der Waals surface area (Å²) in [7, 11) is 0. The smallest absolute Gasteiger partial charge is 0.274 e. The van der Waals surface area contributed by atoms with Gasteiger partial charge in [0.05, 0.1) is 10.7 Å². The number of carbonyl (C=O) groups is 1. The number of hydrogen-bond donors (Lipinski definition) is 2. The van der Waals surface area contributed by atoms with Crippen LogP contribution >= 0.6 is 23.2 Å². The largest absolute Gasteiger partial charge is 0.324 e. The van der Waals surface area contributed by atoms with E-state index in [0.29, 0.717) is 21.7 Å². The first-order valence-corrected chi connectivity index (χ1v) is 8.62. The zero-order valence-corrected chi connectivity index (χ0v) is 15.7. The van der Waals surface area contributed by atoms with E-state index in [1.165, 1.54) is 17.8 Å². The summed E-state index contributed by atoms with van der Waals surface area (Å²) in [6, 6.07) is 12.3. The molecule has 2 aromatic carbocycles. The van der Waals surface area contributed by atoms with Crippen LogP contribution in [0.3, 0.4) is 0 Å². The molecule has 3 aromatic rings. The third-order valence-corrected chi connectivity index (χ3v) is 4.38. The molecule has 0 unspecified atom stereocenters. The number of rotatable bonds is 4. The Morgan fingerprint density at radius 1 is 1.00 bits per heavy atom. The van der Waals surface area contributed by atoms with E-state index in [1.807, 2.05) is 32.0 Å². The van der Waals surface area contributed by atoms with Crippen LogP contribution in [0.15, 0.2) is 48.7 Å². The number of aryl methyl sites for hydroxylation is 2. The number of halogens is 2. The van der Waals surface area contributed by atoms with Gasteiger partial charge in [0.2, 0.25) is 5.95 Å². The van der Waals surface area contributed by atoms with Gasteiger partial charge >= 0.3 is 0 Å². The standard InChI is InChI=1S/C19H16Cl2N4O/c1-11-3-5-14(9-12(11)2)23-19-22-8-7-17(25-19)18(26)24-16-6-4-13(20)10-15(16)21/h3-10H,1-2H3,(H,24,26)(H,22,23,25). The van der Waals surface area contributed by atoms with Crippen molar-refractivity contribution in [1.82, 2.24) is 9.97 Å². The molecule has 2 N–H and O–H groups in total. The number of hydrogen-bond acceptors (Lipinski definition) is 4. The van der Waals surface area contributed by atoms with E-state index in [4.69, 9.17) is 23.2 Å². The van der Waals surface area contributed by atoms with E-state index in [9.17, 15) is 4.79 Å². The summed E-state index contributed by atoms with van der Waals surface area (Å²) in [5, 5.41) is 6.67. The number of carbonyl (C=O) groups excluding carboxylic acids is 1. The van der Waals surface area contributed by atoms with Crippen LogP contribution in [0, 0.1) is 13.8 Å². The van der Waals surface area contributed by atoms with Crippen molar-refractivity contribution >= 4 is 46.4 Å². The van der Waals surface area contributed by atoms with E-state index in [0.717, 1.165) is 11.3 Å². The van der Waals surface area contributed by atoms with Crippen molar-refractivity contribution in [3.05, 3.63) is 75.5 Å². The first-order chi connectivity index (χ1) is 12.4. The first kappa shape index (κ1) is 18.2. The lowest BCUT2D eigenvalue weighted by Crippen LogP contribution is -2.15. The van der Waals surface area contributed by atoms with Crippen LogP contribution in [-0.2, 0) is 0 Å². The number of amides is 1. The summed E-state index contributed by atoms with van der Waals surface area (Å²) < 4.78 is 0. The number of nitrogens with zero attached hydrogens (tertiary/aromatic N) is 2. The summed E-state index contributed by atoms with van der Waals surface area (Å²) in [6.45, 7) is 4.07. The lowest BCUT2D eigenvalue weighted by atomic mass is 10.1. The molecule has 1 amide bonds. The molecule has 3 rings (SSSR count). The Balaban J connectivity index is 1.77. The molecule has 0 fully saturated rings.